The molecule has 0 amide bonds. The molecule has 1 aromatic rings. The van der Waals surface area contributed by atoms with E-state index in [0.29, 0.717) is 5.76 Å². The summed E-state index contributed by atoms with van der Waals surface area (Å²) >= 11 is 0. The van der Waals surface area contributed by atoms with Gasteiger partial charge in [-0.3, -0.25) is 0 Å². The molecule has 23 heavy (non-hydrogen) atoms. The van der Waals surface area contributed by atoms with Crippen LogP contribution in [-0.2, 0) is 14.3 Å². The topological polar surface area (TPSA) is 85.3 Å². The predicted octanol–water partition coefficient (Wildman–Crippen LogP) is 2.81. The number of carbonyl (C=O) groups excluding carboxylic acids is 1. The normalized spacial score (nSPS) is 17.3. The third-order valence-corrected chi connectivity index (χ3v) is 3.57. The number of hydrogen-bond donors (Lipinski definition) is 1. The number of nitrogens with two attached hydrogens (primary N) is 1. The summed E-state index contributed by atoms with van der Waals surface area (Å²) in [6.07, 6.45) is 1.48. The fourth-order valence-electron chi connectivity index (χ4n) is 2.45. The van der Waals surface area contributed by atoms with Crippen molar-refractivity contribution >= 4 is 5.97 Å². The Balaban J connectivity index is 2.54. The molecule has 0 bridgehead atoms. The van der Waals surface area contributed by atoms with Gasteiger partial charge in [0.25, 0.3) is 0 Å². The monoisotopic (exact) mass is 310 g/mol. The van der Waals surface area contributed by atoms with Crippen LogP contribution in [0, 0.1) is 18.3 Å². The first kappa shape index (κ1) is 16.4. The Morgan fingerprint density at radius 1 is 1.43 bits per heavy atom. The zero-order valence-corrected chi connectivity index (χ0v) is 13.1. The van der Waals surface area contributed by atoms with Gasteiger partial charge in [-0.2, -0.15) is 5.26 Å². The van der Waals surface area contributed by atoms with Crippen molar-refractivity contribution < 1.29 is 14.3 Å². The van der Waals surface area contributed by atoms with E-state index in [1.807, 2.05) is 37.3 Å². The Kier molecular flexibility index (Phi) is 4.87. The van der Waals surface area contributed by atoms with Crippen LogP contribution < -0.4 is 5.73 Å². The van der Waals surface area contributed by atoms with E-state index in [9.17, 15) is 10.1 Å². The average molecular weight is 310 g/mol. The molecule has 2 N–H and O–H groups in total. The van der Waals surface area contributed by atoms with E-state index in [2.05, 4.69) is 6.58 Å². The van der Waals surface area contributed by atoms with E-state index in [4.69, 9.17) is 15.2 Å². The van der Waals surface area contributed by atoms with Gasteiger partial charge in [0.15, 0.2) is 0 Å². The van der Waals surface area contributed by atoms with Gasteiger partial charge < -0.3 is 15.2 Å². The van der Waals surface area contributed by atoms with Crippen molar-refractivity contribution in [3.63, 3.8) is 0 Å². The Morgan fingerprint density at radius 3 is 2.65 bits per heavy atom. The maximum Gasteiger partial charge on any atom is 0.338 e. The predicted molar refractivity (Wildman–Crippen MR) is 85.7 cm³/mol. The first-order valence-corrected chi connectivity index (χ1v) is 7.12. The molecule has 1 atom stereocenters. The summed E-state index contributed by atoms with van der Waals surface area (Å²) in [5.41, 5.74) is 8.17. The van der Waals surface area contributed by atoms with Gasteiger partial charge in [-0.25, -0.2) is 4.79 Å². The molecule has 5 nitrogen and oxygen atoms in total. The summed E-state index contributed by atoms with van der Waals surface area (Å²) in [6.45, 7) is 7.19. The molecule has 1 unspecified atom stereocenters. The van der Waals surface area contributed by atoms with Gasteiger partial charge in [0.1, 0.15) is 24.0 Å². The quantitative estimate of drug-likeness (QED) is 0.682. The van der Waals surface area contributed by atoms with Crippen molar-refractivity contribution in [3.8, 4) is 6.07 Å². The highest BCUT2D eigenvalue weighted by Crippen LogP contribution is 2.39. The van der Waals surface area contributed by atoms with Gasteiger partial charge >= 0.3 is 5.97 Å². The Bertz CT molecular complexity index is 737. The van der Waals surface area contributed by atoms with E-state index in [1.54, 1.807) is 6.92 Å². The van der Waals surface area contributed by atoms with Crippen LogP contribution in [0.4, 0.5) is 0 Å². The summed E-state index contributed by atoms with van der Waals surface area (Å²) in [4.78, 5) is 12.4. The molecule has 118 valence electrons. The zero-order chi connectivity index (χ0) is 17.0. The van der Waals surface area contributed by atoms with Crippen LogP contribution in [0.3, 0.4) is 0 Å². The third kappa shape index (κ3) is 3.27. The molecule has 0 saturated heterocycles. The molecule has 0 spiro atoms. The van der Waals surface area contributed by atoms with Crippen molar-refractivity contribution in [2.75, 3.05) is 6.61 Å². The number of ether oxygens (including phenoxy) is 2. The van der Waals surface area contributed by atoms with Crippen molar-refractivity contribution in [3.05, 3.63) is 70.8 Å². The number of hydrogen-bond acceptors (Lipinski definition) is 5. The highest BCUT2D eigenvalue weighted by atomic mass is 16.5. The molecule has 0 aromatic heterocycles. The van der Waals surface area contributed by atoms with E-state index in [0.717, 1.165) is 11.1 Å². The lowest BCUT2D eigenvalue weighted by molar-refractivity contribution is -0.138. The zero-order valence-electron chi connectivity index (χ0n) is 13.1. The second-order valence-electron chi connectivity index (χ2n) is 5.19. The number of rotatable bonds is 4. The minimum absolute atomic E-state index is 0.0100. The summed E-state index contributed by atoms with van der Waals surface area (Å²) < 4.78 is 10.5. The molecule has 0 radical (unpaired) electrons. The van der Waals surface area contributed by atoms with Gasteiger partial charge in [-0.1, -0.05) is 42.5 Å². The maximum absolute atomic E-state index is 12.4. The molecule has 2 rings (SSSR count). The van der Waals surface area contributed by atoms with Gasteiger partial charge in [-0.15, -0.1) is 0 Å². The van der Waals surface area contributed by atoms with Crippen LogP contribution in [0.1, 0.15) is 24.0 Å². The minimum atomic E-state index is -0.605. The standard InChI is InChI=1S/C18H18N2O3/c1-4-9-22-18(21)15-12(3)23-17(20)14(10-19)16(15)13-7-5-11(2)6-8-13/h4-8,16H,1,9,20H2,2-3H3. The number of nitriles is 1. The summed E-state index contributed by atoms with van der Waals surface area (Å²) in [6, 6.07) is 9.61. The lowest BCUT2D eigenvalue weighted by Crippen LogP contribution is -2.25. The van der Waals surface area contributed by atoms with E-state index >= 15 is 0 Å². The van der Waals surface area contributed by atoms with Gasteiger partial charge in [0.2, 0.25) is 5.88 Å². The first-order chi connectivity index (χ1) is 11.0. The Hall–Kier alpha value is -3.00. The number of benzene rings is 1. The molecule has 5 heteroatoms. The first-order valence-electron chi connectivity index (χ1n) is 7.12. The molecular weight excluding hydrogens is 292 g/mol. The fraction of sp³-hybridized carbons (Fsp3) is 0.222. The average Bonchev–Trinajstić information content (AvgIpc) is 2.52. The van der Waals surface area contributed by atoms with Crippen molar-refractivity contribution in [2.45, 2.75) is 19.8 Å². The molecule has 0 saturated carbocycles. The minimum Gasteiger partial charge on any atom is -0.458 e. The second-order valence-corrected chi connectivity index (χ2v) is 5.19. The van der Waals surface area contributed by atoms with Crippen molar-refractivity contribution in [2.24, 2.45) is 5.73 Å². The van der Waals surface area contributed by atoms with Crippen LogP contribution in [0.15, 0.2) is 59.7 Å². The Morgan fingerprint density at radius 2 is 2.09 bits per heavy atom. The van der Waals surface area contributed by atoms with Crippen molar-refractivity contribution in [1.82, 2.24) is 0 Å². The number of esters is 1. The lowest BCUT2D eigenvalue weighted by atomic mass is 9.83. The molecular formula is C18H18N2O3. The number of allylic oxidation sites excluding steroid dienone is 2. The van der Waals surface area contributed by atoms with Crippen molar-refractivity contribution in [1.29, 1.82) is 5.26 Å². The van der Waals surface area contributed by atoms with Crippen LogP contribution in [0.2, 0.25) is 0 Å². The molecule has 1 aromatic carbocycles. The van der Waals surface area contributed by atoms with E-state index in [-0.39, 0.29) is 23.6 Å². The van der Waals surface area contributed by atoms with Gasteiger partial charge in [0, 0.05) is 0 Å². The van der Waals surface area contributed by atoms with Crippen LogP contribution in [0.5, 0.6) is 0 Å². The number of nitrogens with zero attached hydrogens (tertiary/aromatic N) is 1. The Labute approximate surface area is 135 Å². The number of aryl methyl sites for hydroxylation is 1. The highest BCUT2D eigenvalue weighted by Gasteiger charge is 2.36. The molecule has 0 aliphatic carbocycles. The fourth-order valence-corrected chi connectivity index (χ4v) is 2.45. The van der Waals surface area contributed by atoms with Gasteiger partial charge in [-0.05, 0) is 19.4 Å². The lowest BCUT2D eigenvalue weighted by Gasteiger charge is -2.26. The van der Waals surface area contributed by atoms with Crippen LogP contribution >= 0.6 is 0 Å². The molecule has 1 aliphatic rings. The van der Waals surface area contributed by atoms with E-state index < -0.39 is 11.9 Å². The van der Waals surface area contributed by atoms with Crippen LogP contribution in [-0.4, -0.2) is 12.6 Å². The maximum atomic E-state index is 12.4. The largest absolute Gasteiger partial charge is 0.458 e. The summed E-state index contributed by atoms with van der Waals surface area (Å²) in [7, 11) is 0. The van der Waals surface area contributed by atoms with Gasteiger partial charge in [0.05, 0.1) is 11.5 Å². The molecule has 0 fully saturated rings. The molecule has 1 heterocycles. The SMILES string of the molecule is C=CCOC(=O)C1=C(C)OC(N)=C(C#N)C1c1ccc(C)cc1. The third-order valence-electron chi connectivity index (χ3n) is 3.57. The van der Waals surface area contributed by atoms with Crippen LogP contribution in [0.25, 0.3) is 0 Å². The highest BCUT2D eigenvalue weighted by molar-refractivity contribution is 5.92. The smallest absolute Gasteiger partial charge is 0.338 e. The molecule has 1 aliphatic heterocycles. The second kappa shape index (κ2) is 6.84. The summed E-state index contributed by atoms with van der Waals surface area (Å²) in [5, 5.41) is 9.45. The summed E-state index contributed by atoms with van der Waals surface area (Å²) in [5.74, 6) is -0.808. The van der Waals surface area contributed by atoms with E-state index in [1.165, 1.54) is 6.08 Å². The number of carbonyl (C=O) groups is 1.